The third-order valence-corrected chi connectivity index (χ3v) is 4.91. The van der Waals surface area contributed by atoms with Gasteiger partial charge in [0.2, 0.25) is 0 Å². The minimum atomic E-state index is 0.149. The SMILES string of the molecule is CCOc1ccc(C)cc1C(NC)c1sccc1Br. The average molecular weight is 340 g/mol. The number of halogens is 1. The second kappa shape index (κ2) is 6.55. The molecule has 4 heteroatoms. The number of thiophene rings is 1. The molecule has 0 amide bonds. The predicted molar refractivity (Wildman–Crippen MR) is 85.3 cm³/mol. The summed E-state index contributed by atoms with van der Waals surface area (Å²) < 4.78 is 6.90. The van der Waals surface area contributed by atoms with Gasteiger partial charge in [0.15, 0.2) is 0 Å². The Bertz CT molecular complexity index is 553. The molecule has 0 aliphatic rings. The zero-order chi connectivity index (χ0) is 13.8. The highest BCUT2D eigenvalue weighted by atomic mass is 79.9. The van der Waals surface area contributed by atoms with Gasteiger partial charge in [0.1, 0.15) is 5.75 Å². The van der Waals surface area contributed by atoms with Crippen molar-refractivity contribution in [2.75, 3.05) is 13.7 Å². The monoisotopic (exact) mass is 339 g/mol. The fraction of sp³-hybridized carbons (Fsp3) is 0.333. The van der Waals surface area contributed by atoms with E-state index in [0.717, 1.165) is 10.2 Å². The zero-order valence-corrected chi connectivity index (χ0v) is 13.8. The lowest BCUT2D eigenvalue weighted by Gasteiger charge is -2.20. The summed E-state index contributed by atoms with van der Waals surface area (Å²) in [6, 6.07) is 8.57. The van der Waals surface area contributed by atoms with Crippen LogP contribution in [0.2, 0.25) is 0 Å². The fourth-order valence-electron chi connectivity index (χ4n) is 2.12. The first-order valence-corrected chi connectivity index (χ1v) is 7.98. The molecule has 0 aliphatic heterocycles. The number of ether oxygens (including phenoxy) is 1. The van der Waals surface area contributed by atoms with Gasteiger partial charge < -0.3 is 10.1 Å². The molecule has 1 N–H and O–H groups in total. The second-order valence-electron chi connectivity index (χ2n) is 4.33. The summed E-state index contributed by atoms with van der Waals surface area (Å²) in [6.07, 6.45) is 0. The molecule has 0 radical (unpaired) electrons. The lowest BCUT2D eigenvalue weighted by molar-refractivity contribution is 0.334. The van der Waals surface area contributed by atoms with Crippen molar-refractivity contribution in [2.24, 2.45) is 0 Å². The lowest BCUT2D eigenvalue weighted by atomic mass is 10.0. The first-order chi connectivity index (χ1) is 9.17. The number of nitrogens with one attached hydrogen (secondary N) is 1. The number of hydrogen-bond donors (Lipinski definition) is 1. The molecule has 0 aliphatic carbocycles. The van der Waals surface area contributed by atoms with E-state index in [9.17, 15) is 0 Å². The normalized spacial score (nSPS) is 12.4. The van der Waals surface area contributed by atoms with Crippen LogP contribution in [0.25, 0.3) is 0 Å². The molecule has 102 valence electrons. The van der Waals surface area contributed by atoms with E-state index in [1.807, 2.05) is 14.0 Å². The van der Waals surface area contributed by atoms with Crippen molar-refractivity contribution in [2.45, 2.75) is 19.9 Å². The molecule has 1 aromatic carbocycles. The summed E-state index contributed by atoms with van der Waals surface area (Å²) in [7, 11) is 1.98. The topological polar surface area (TPSA) is 21.3 Å². The van der Waals surface area contributed by atoms with Gasteiger partial charge in [-0.25, -0.2) is 0 Å². The predicted octanol–water partition coefficient (Wildman–Crippen LogP) is 4.53. The van der Waals surface area contributed by atoms with Gasteiger partial charge in [-0.2, -0.15) is 0 Å². The van der Waals surface area contributed by atoms with E-state index < -0.39 is 0 Å². The van der Waals surface area contributed by atoms with E-state index in [2.05, 4.69) is 57.8 Å². The first-order valence-electron chi connectivity index (χ1n) is 6.30. The average Bonchev–Trinajstić information content (AvgIpc) is 2.80. The summed E-state index contributed by atoms with van der Waals surface area (Å²) in [5.74, 6) is 0.952. The van der Waals surface area contributed by atoms with Crippen LogP contribution in [0, 0.1) is 6.92 Å². The Hall–Kier alpha value is -0.840. The molecule has 1 unspecified atom stereocenters. The summed E-state index contributed by atoms with van der Waals surface area (Å²) in [5, 5.41) is 5.49. The van der Waals surface area contributed by atoms with Crippen molar-refractivity contribution in [3.63, 3.8) is 0 Å². The molecular formula is C15H18BrNOS. The highest BCUT2D eigenvalue weighted by Gasteiger charge is 2.20. The molecular weight excluding hydrogens is 322 g/mol. The van der Waals surface area contributed by atoms with Crippen molar-refractivity contribution >= 4 is 27.3 Å². The van der Waals surface area contributed by atoms with Crippen LogP contribution in [0.4, 0.5) is 0 Å². The highest BCUT2D eigenvalue weighted by molar-refractivity contribution is 9.10. The Kier molecular flexibility index (Phi) is 5.02. The molecule has 2 aromatic rings. The Morgan fingerprint density at radius 3 is 2.74 bits per heavy atom. The number of benzene rings is 1. The second-order valence-corrected chi connectivity index (χ2v) is 6.13. The number of hydrogen-bond acceptors (Lipinski definition) is 3. The van der Waals surface area contributed by atoms with Crippen molar-refractivity contribution in [3.05, 3.63) is 50.1 Å². The molecule has 0 saturated carbocycles. The van der Waals surface area contributed by atoms with Gasteiger partial charge in [-0.3, -0.25) is 0 Å². The van der Waals surface area contributed by atoms with E-state index in [-0.39, 0.29) is 6.04 Å². The van der Waals surface area contributed by atoms with Crippen LogP contribution in [0.3, 0.4) is 0 Å². The van der Waals surface area contributed by atoms with Crippen LogP contribution >= 0.6 is 27.3 Å². The Labute approximate surface area is 126 Å². The Morgan fingerprint density at radius 2 is 2.16 bits per heavy atom. The quantitative estimate of drug-likeness (QED) is 0.864. The standard InChI is InChI=1S/C15H18BrNOS/c1-4-18-13-6-5-10(2)9-11(13)14(17-3)15-12(16)7-8-19-15/h5-9,14,17H,4H2,1-3H3. The van der Waals surface area contributed by atoms with Crippen molar-refractivity contribution in [1.82, 2.24) is 5.32 Å². The molecule has 0 bridgehead atoms. The summed E-state index contributed by atoms with van der Waals surface area (Å²) >= 11 is 5.36. The molecule has 1 atom stereocenters. The van der Waals surface area contributed by atoms with E-state index in [0.29, 0.717) is 6.61 Å². The maximum Gasteiger partial charge on any atom is 0.124 e. The largest absolute Gasteiger partial charge is 0.494 e. The Balaban J connectivity index is 2.48. The van der Waals surface area contributed by atoms with E-state index >= 15 is 0 Å². The molecule has 2 nitrogen and oxygen atoms in total. The van der Waals surface area contributed by atoms with E-state index in [1.54, 1.807) is 11.3 Å². The van der Waals surface area contributed by atoms with Crippen molar-refractivity contribution in [1.29, 1.82) is 0 Å². The summed E-state index contributed by atoms with van der Waals surface area (Å²) in [5.41, 5.74) is 2.43. The third-order valence-electron chi connectivity index (χ3n) is 2.97. The van der Waals surface area contributed by atoms with Gasteiger partial charge in [-0.1, -0.05) is 17.7 Å². The minimum Gasteiger partial charge on any atom is -0.494 e. The molecule has 2 rings (SSSR count). The summed E-state index contributed by atoms with van der Waals surface area (Å²) in [6.45, 7) is 4.80. The molecule has 0 fully saturated rings. The van der Waals surface area contributed by atoms with Crippen LogP contribution in [0.1, 0.15) is 29.0 Å². The van der Waals surface area contributed by atoms with E-state index in [4.69, 9.17) is 4.74 Å². The van der Waals surface area contributed by atoms with Crippen molar-refractivity contribution < 1.29 is 4.74 Å². The number of rotatable bonds is 5. The smallest absolute Gasteiger partial charge is 0.124 e. The number of aryl methyl sites for hydroxylation is 1. The third kappa shape index (κ3) is 3.19. The molecule has 19 heavy (non-hydrogen) atoms. The first kappa shape index (κ1) is 14.6. The lowest BCUT2D eigenvalue weighted by Crippen LogP contribution is -2.18. The van der Waals surface area contributed by atoms with Gasteiger partial charge in [-0.15, -0.1) is 11.3 Å². The van der Waals surface area contributed by atoms with Gasteiger partial charge in [-0.05, 0) is 54.3 Å². The van der Waals surface area contributed by atoms with E-state index in [1.165, 1.54) is 16.0 Å². The highest BCUT2D eigenvalue weighted by Crippen LogP contribution is 2.37. The summed E-state index contributed by atoms with van der Waals surface area (Å²) in [4.78, 5) is 1.27. The zero-order valence-electron chi connectivity index (χ0n) is 11.4. The van der Waals surface area contributed by atoms with Crippen LogP contribution < -0.4 is 10.1 Å². The van der Waals surface area contributed by atoms with Crippen LogP contribution in [0.15, 0.2) is 34.1 Å². The minimum absolute atomic E-state index is 0.149. The molecule has 0 spiro atoms. The molecule has 0 saturated heterocycles. The Morgan fingerprint density at radius 1 is 1.37 bits per heavy atom. The van der Waals surface area contributed by atoms with Gasteiger partial charge >= 0.3 is 0 Å². The molecule has 1 aromatic heterocycles. The fourth-order valence-corrected chi connectivity index (χ4v) is 3.85. The van der Waals surface area contributed by atoms with Crippen LogP contribution in [0.5, 0.6) is 5.75 Å². The maximum absolute atomic E-state index is 5.76. The van der Waals surface area contributed by atoms with Gasteiger partial charge in [0, 0.05) is 14.9 Å². The van der Waals surface area contributed by atoms with Crippen LogP contribution in [-0.2, 0) is 0 Å². The van der Waals surface area contributed by atoms with Crippen molar-refractivity contribution in [3.8, 4) is 5.75 Å². The maximum atomic E-state index is 5.76. The van der Waals surface area contributed by atoms with Gasteiger partial charge in [0.25, 0.3) is 0 Å². The molecule has 1 heterocycles. The van der Waals surface area contributed by atoms with Gasteiger partial charge in [0.05, 0.1) is 12.6 Å². The van der Waals surface area contributed by atoms with Crippen LogP contribution in [-0.4, -0.2) is 13.7 Å².